The number of rotatable bonds is 6. The van der Waals surface area contributed by atoms with Crippen molar-refractivity contribution >= 4 is 17.9 Å². The molecule has 1 saturated heterocycles. The highest BCUT2D eigenvalue weighted by Gasteiger charge is 2.80. The number of piperidine rings is 1. The Kier molecular flexibility index (Phi) is 6.36. The van der Waals surface area contributed by atoms with Crippen molar-refractivity contribution < 1.29 is 47.6 Å². The fourth-order valence-corrected chi connectivity index (χ4v) is 3.80. The number of halogens is 3. The molecule has 166 valence electrons. The number of benzene rings is 1. The van der Waals surface area contributed by atoms with Crippen LogP contribution in [0.4, 0.5) is 13.2 Å². The second-order valence-corrected chi connectivity index (χ2v) is 7.58. The van der Waals surface area contributed by atoms with Crippen LogP contribution in [0.25, 0.3) is 0 Å². The molecule has 0 amide bonds. The van der Waals surface area contributed by atoms with E-state index in [1.54, 1.807) is 0 Å². The normalized spacial score (nSPS) is 25.0. The van der Waals surface area contributed by atoms with Gasteiger partial charge in [-0.3, -0.25) is 14.5 Å². The molecule has 8 nitrogen and oxygen atoms in total. The van der Waals surface area contributed by atoms with E-state index in [1.165, 1.54) is 5.56 Å². The molecule has 1 saturated carbocycles. The second kappa shape index (κ2) is 8.13. The van der Waals surface area contributed by atoms with Crippen LogP contribution in [0.1, 0.15) is 17.5 Å². The number of likely N-dealkylation sites (tertiary alicyclic amines) is 1. The van der Waals surface area contributed by atoms with Gasteiger partial charge in [-0.1, -0.05) is 17.7 Å². The van der Waals surface area contributed by atoms with E-state index in [4.69, 9.17) is 14.6 Å². The van der Waals surface area contributed by atoms with E-state index in [0.717, 1.165) is 11.3 Å². The van der Waals surface area contributed by atoms with Crippen molar-refractivity contribution in [1.29, 1.82) is 0 Å². The standard InChI is InChI=1S/C17H21NO5.C2HF3O2/c1-11-3-4-13(12(2)7-11)23-6-5-18-9-16(14(19)20)8-17(16,10-18)15(21)22;3-2(4,5)1(6)7/h3-4,7H,5-6,8-10H2,1-2H3,(H,19,20)(H,21,22);(H,6,7)/t16-,17+;. The number of fused-ring (bicyclic) bond motifs is 1. The lowest BCUT2D eigenvalue weighted by Gasteiger charge is -2.20. The van der Waals surface area contributed by atoms with E-state index in [2.05, 4.69) is 0 Å². The lowest BCUT2D eigenvalue weighted by Crippen LogP contribution is -2.32. The molecule has 1 aromatic rings. The number of carbonyl (C=O) groups is 3. The van der Waals surface area contributed by atoms with E-state index >= 15 is 0 Å². The molecule has 2 fully saturated rings. The van der Waals surface area contributed by atoms with Gasteiger partial charge in [-0.2, -0.15) is 13.2 Å². The van der Waals surface area contributed by atoms with Crippen LogP contribution in [0.3, 0.4) is 0 Å². The molecule has 0 aromatic heterocycles. The zero-order chi connectivity index (χ0) is 22.9. The lowest BCUT2D eigenvalue weighted by molar-refractivity contribution is -0.192. The van der Waals surface area contributed by atoms with E-state index in [-0.39, 0.29) is 19.5 Å². The topological polar surface area (TPSA) is 124 Å². The van der Waals surface area contributed by atoms with Gasteiger partial charge >= 0.3 is 24.1 Å². The second-order valence-electron chi connectivity index (χ2n) is 7.58. The Bertz CT molecular complexity index is 829. The maximum atomic E-state index is 11.5. The van der Waals surface area contributed by atoms with Gasteiger partial charge in [-0.25, -0.2) is 4.79 Å². The van der Waals surface area contributed by atoms with E-state index in [0.29, 0.717) is 13.2 Å². The third-order valence-corrected chi connectivity index (χ3v) is 5.44. The van der Waals surface area contributed by atoms with Crippen molar-refractivity contribution in [2.24, 2.45) is 10.8 Å². The first-order valence-corrected chi connectivity index (χ1v) is 8.94. The highest BCUT2D eigenvalue weighted by molar-refractivity contribution is 5.94. The monoisotopic (exact) mass is 433 g/mol. The molecule has 1 aliphatic heterocycles. The Morgan fingerprint density at radius 3 is 1.97 bits per heavy atom. The third-order valence-electron chi connectivity index (χ3n) is 5.44. The van der Waals surface area contributed by atoms with Crippen LogP contribution in [0.5, 0.6) is 5.75 Å². The number of aliphatic carboxylic acids is 3. The van der Waals surface area contributed by atoms with Gasteiger partial charge in [-0.15, -0.1) is 0 Å². The van der Waals surface area contributed by atoms with E-state index < -0.39 is 34.9 Å². The highest BCUT2D eigenvalue weighted by Crippen LogP contribution is 2.68. The largest absolute Gasteiger partial charge is 0.492 e. The minimum atomic E-state index is -5.08. The first-order valence-electron chi connectivity index (χ1n) is 8.94. The van der Waals surface area contributed by atoms with Gasteiger partial charge < -0.3 is 20.1 Å². The third kappa shape index (κ3) is 4.50. The Morgan fingerprint density at radius 2 is 1.57 bits per heavy atom. The van der Waals surface area contributed by atoms with Gasteiger partial charge in [0.1, 0.15) is 12.4 Å². The highest BCUT2D eigenvalue weighted by atomic mass is 19.4. The molecule has 3 rings (SSSR count). The molecule has 0 unspecified atom stereocenters. The fraction of sp³-hybridized carbons (Fsp3) is 0.526. The predicted octanol–water partition coefficient (Wildman–Crippen LogP) is 2.18. The Hall–Kier alpha value is -2.82. The van der Waals surface area contributed by atoms with Crippen molar-refractivity contribution in [3.05, 3.63) is 29.3 Å². The average molecular weight is 433 g/mol. The first-order chi connectivity index (χ1) is 13.7. The van der Waals surface area contributed by atoms with E-state index in [9.17, 15) is 33.0 Å². The van der Waals surface area contributed by atoms with Crippen molar-refractivity contribution in [2.75, 3.05) is 26.2 Å². The van der Waals surface area contributed by atoms with Crippen LogP contribution in [0, 0.1) is 24.7 Å². The van der Waals surface area contributed by atoms with Crippen molar-refractivity contribution in [3.63, 3.8) is 0 Å². The van der Waals surface area contributed by atoms with Gasteiger partial charge in [0.2, 0.25) is 0 Å². The van der Waals surface area contributed by atoms with Crippen LogP contribution in [-0.4, -0.2) is 70.5 Å². The van der Waals surface area contributed by atoms with Crippen molar-refractivity contribution in [1.82, 2.24) is 4.90 Å². The summed E-state index contributed by atoms with van der Waals surface area (Å²) in [4.78, 5) is 33.7. The van der Waals surface area contributed by atoms with Gasteiger partial charge in [0.25, 0.3) is 0 Å². The molecule has 2 aliphatic rings. The summed E-state index contributed by atoms with van der Waals surface area (Å²) in [5, 5.41) is 25.9. The molecule has 30 heavy (non-hydrogen) atoms. The SMILES string of the molecule is Cc1ccc(OCCN2C[C@@]3(C(=O)O)C[C@@]3(C(=O)O)C2)c(C)c1.O=C(O)C(F)(F)F. The number of carboxylic acid groups (broad SMARTS) is 3. The first kappa shape index (κ1) is 23.5. The number of alkyl halides is 3. The average Bonchev–Trinajstić information content (AvgIpc) is 3.15. The van der Waals surface area contributed by atoms with Gasteiger partial charge in [0.05, 0.1) is 10.8 Å². The summed E-state index contributed by atoms with van der Waals surface area (Å²) in [5.41, 5.74) is -0.00317. The molecule has 0 radical (unpaired) electrons. The molecule has 1 aromatic carbocycles. The van der Waals surface area contributed by atoms with Crippen LogP contribution in [0.2, 0.25) is 0 Å². The zero-order valence-electron chi connectivity index (χ0n) is 16.3. The number of hydrogen-bond donors (Lipinski definition) is 3. The molecule has 0 spiro atoms. The van der Waals surface area contributed by atoms with Gasteiger partial charge in [0.15, 0.2) is 0 Å². The summed E-state index contributed by atoms with van der Waals surface area (Å²) >= 11 is 0. The fourth-order valence-electron chi connectivity index (χ4n) is 3.80. The summed E-state index contributed by atoms with van der Waals surface area (Å²) in [7, 11) is 0. The number of ether oxygens (including phenoxy) is 1. The molecule has 1 aliphatic carbocycles. The molecule has 11 heteroatoms. The summed E-state index contributed by atoms with van der Waals surface area (Å²) in [6, 6.07) is 5.94. The number of aryl methyl sites for hydroxylation is 2. The molecule has 0 bridgehead atoms. The summed E-state index contributed by atoms with van der Waals surface area (Å²) < 4.78 is 37.5. The number of nitrogens with zero attached hydrogens (tertiary/aromatic N) is 1. The smallest absolute Gasteiger partial charge is 0.490 e. The van der Waals surface area contributed by atoms with Gasteiger partial charge in [-0.05, 0) is 31.9 Å². The molecular weight excluding hydrogens is 411 g/mol. The number of carboxylic acids is 3. The van der Waals surface area contributed by atoms with Crippen LogP contribution in [-0.2, 0) is 14.4 Å². The Balaban J connectivity index is 0.000000396. The molecule has 3 N–H and O–H groups in total. The van der Waals surface area contributed by atoms with Crippen LogP contribution >= 0.6 is 0 Å². The molecule has 2 atom stereocenters. The Labute approximate surface area is 169 Å². The Morgan fingerprint density at radius 1 is 1.07 bits per heavy atom. The van der Waals surface area contributed by atoms with Crippen LogP contribution < -0.4 is 4.74 Å². The summed E-state index contributed by atoms with van der Waals surface area (Å²) in [6.07, 6.45) is -4.85. The maximum absolute atomic E-state index is 11.5. The van der Waals surface area contributed by atoms with E-state index in [1.807, 2.05) is 36.9 Å². The van der Waals surface area contributed by atoms with Crippen LogP contribution in [0.15, 0.2) is 18.2 Å². The minimum Gasteiger partial charge on any atom is -0.492 e. The lowest BCUT2D eigenvalue weighted by atomic mass is 9.97. The predicted molar refractivity (Wildman–Crippen MR) is 96.3 cm³/mol. The minimum absolute atomic E-state index is 0.235. The van der Waals surface area contributed by atoms with Crippen molar-refractivity contribution in [3.8, 4) is 5.75 Å². The maximum Gasteiger partial charge on any atom is 0.490 e. The zero-order valence-corrected chi connectivity index (χ0v) is 16.3. The summed E-state index contributed by atoms with van der Waals surface area (Å²) in [5.74, 6) is -3.95. The molecular formula is C19H22F3NO7. The van der Waals surface area contributed by atoms with Crippen molar-refractivity contribution in [2.45, 2.75) is 26.4 Å². The number of hydrogen-bond acceptors (Lipinski definition) is 5. The van der Waals surface area contributed by atoms with Gasteiger partial charge in [0, 0.05) is 19.6 Å². The summed E-state index contributed by atoms with van der Waals surface area (Å²) in [6.45, 7) is 5.50. The molecule has 1 heterocycles. The quantitative estimate of drug-likeness (QED) is 0.624.